The molecule has 0 bridgehead atoms. The van der Waals surface area contributed by atoms with Crippen LogP contribution in [0.25, 0.3) is 16.5 Å². The number of azo groups is 3. The molecule has 0 spiro atoms. The predicted molar refractivity (Wildman–Crippen MR) is 215 cm³/mol. The van der Waals surface area contributed by atoms with Crippen molar-refractivity contribution < 1.29 is 50.4 Å². The highest BCUT2D eigenvalue weighted by molar-refractivity contribution is 7.85. The van der Waals surface area contributed by atoms with Gasteiger partial charge in [-0.3, -0.25) is 4.55 Å². The maximum absolute atomic E-state index is 11.2. The van der Waals surface area contributed by atoms with Crippen LogP contribution in [0.4, 0.5) is 33.6 Å². The molecule has 0 unspecified atom stereocenters. The number of nitrogens with zero attached hydrogens (tertiary/aromatic N) is 10. The van der Waals surface area contributed by atoms with Gasteiger partial charge in [0.25, 0.3) is 15.2 Å². The van der Waals surface area contributed by atoms with E-state index in [9.17, 15) is 23.4 Å². The minimum atomic E-state index is -4.19. The van der Waals surface area contributed by atoms with E-state index in [0.29, 0.717) is 55.0 Å². The maximum atomic E-state index is 11.2. The van der Waals surface area contributed by atoms with Gasteiger partial charge in [-0.1, -0.05) is 17.4 Å². The molecule has 0 atom stereocenters. The summed E-state index contributed by atoms with van der Waals surface area (Å²) in [4.78, 5) is 11.2. The number of benzene rings is 4. The van der Waals surface area contributed by atoms with Crippen molar-refractivity contribution in [2.45, 2.75) is 26.0 Å². The highest BCUT2D eigenvalue weighted by Crippen LogP contribution is 2.41. The fourth-order valence-corrected chi connectivity index (χ4v) is 6.29. The summed E-state index contributed by atoms with van der Waals surface area (Å²) in [6, 6.07) is 17.2. The number of fused-ring (bicyclic) bond motifs is 1. The van der Waals surface area contributed by atoms with Crippen LogP contribution in [0.3, 0.4) is 0 Å². The molecule has 4 N–H and O–H groups in total. The Morgan fingerprint density at radius 2 is 1.58 bits per heavy atom. The molecule has 4 aromatic carbocycles. The Balaban J connectivity index is 0.00000158. The van der Waals surface area contributed by atoms with Gasteiger partial charge in [0.2, 0.25) is 5.88 Å². The van der Waals surface area contributed by atoms with Crippen molar-refractivity contribution in [2.75, 3.05) is 12.4 Å². The van der Waals surface area contributed by atoms with Gasteiger partial charge >= 0.3 is 16.6 Å². The summed E-state index contributed by atoms with van der Waals surface area (Å²) in [5, 5.41) is 70.8. The molecule has 2 aromatic heterocycles. The lowest BCUT2D eigenvalue weighted by Gasteiger charge is -2.11. The number of thiol groups is 1. The second-order valence-electron chi connectivity index (χ2n) is 11.9. The van der Waals surface area contributed by atoms with Gasteiger partial charge in [-0.05, 0) is 85.8 Å². The van der Waals surface area contributed by atoms with Crippen molar-refractivity contribution in [3.8, 4) is 23.1 Å². The molecule has 59 heavy (non-hydrogen) atoms. The lowest BCUT2D eigenvalue weighted by molar-refractivity contribution is 0.0696. The molecule has 0 aliphatic carbocycles. The first kappa shape index (κ1) is 43.6. The van der Waals surface area contributed by atoms with Gasteiger partial charge in [0.1, 0.15) is 22.1 Å². The van der Waals surface area contributed by atoms with Crippen LogP contribution in [0.15, 0.2) is 97.4 Å². The van der Waals surface area contributed by atoms with Crippen LogP contribution in [0.2, 0.25) is 0 Å². The summed E-state index contributed by atoms with van der Waals surface area (Å²) in [5.41, 5.74) is 2.90. The standard InChI is InChI=1S/C34H30N10O8S3.O3S/c1-18-14-27(28(52-12-3-13-55(49,50)51)16-26(18)37-41-34-42-39-29(17-53)54-34)38-36-25-11-6-21-15-22(7-10-24(21)31(25)45)35-40-30-19(2)43-44(32(30)46)23-8-4-20(5-9-23)33(47)48;1-4(2)3/h4-11,14-16,45-46,53H,3,12-13,17H2,1-2H3,(H,47,48)(H,49,50,51);. The minimum absolute atomic E-state index is 0.000578. The number of aryl methyl sites for hydroxylation is 2. The van der Waals surface area contributed by atoms with Gasteiger partial charge < -0.3 is 20.1 Å². The molecule has 0 amide bonds. The van der Waals surface area contributed by atoms with Gasteiger partial charge in [0.15, 0.2) is 11.4 Å². The van der Waals surface area contributed by atoms with Crippen molar-refractivity contribution in [2.24, 2.45) is 30.7 Å². The number of aromatic carboxylic acids is 1. The molecule has 0 aliphatic heterocycles. The lowest BCUT2D eigenvalue weighted by atomic mass is 10.1. The number of rotatable bonds is 14. The first-order chi connectivity index (χ1) is 28.0. The molecule has 6 aromatic rings. The zero-order valence-corrected chi connectivity index (χ0v) is 33.8. The van der Waals surface area contributed by atoms with E-state index in [1.54, 1.807) is 56.3 Å². The van der Waals surface area contributed by atoms with Crippen molar-refractivity contribution in [1.82, 2.24) is 20.0 Å². The van der Waals surface area contributed by atoms with Gasteiger partial charge in [-0.2, -0.15) is 35.9 Å². The number of ether oxygens (including phenoxy) is 1. The van der Waals surface area contributed by atoms with Crippen LogP contribution in [0.5, 0.6) is 17.4 Å². The summed E-state index contributed by atoms with van der Waals surface area (Å²) >= 11 is 5.41. The third kappa shape index (κ3) is 11.8. The molecule has 0 fully saturated rings. The third-order valence-corrected chi connectivity index (χ3v) is 9.89. The monoisotopic (exact) mass is 882 g/mol. The molecule has 306 valence electrons. The van der Waals surface area contributed by atoms with E-state index in [1.165, 1.54) is 40.3 Å². The van der Waals surface area contributed by atoms with Crippen molar-refractivity contribution >= 4 is 95.0 Å². The molecule has 0 radical (unpaired) electrons. The number of carboxylic acid groups (broad SMARTS) is 1. The van der Waals surface area contributed by atoms with Crippen LogP contribution < -0.4 is 4.74 Å². The summed E-state index contributed by atoms with van der Waals surface area (Å²) in [6.07, 6.45) is -0.000578. The summed E-state index contributed by atoms with van der Waals surface area (Å²) < 4.78 is 63.9. The zero-order valence-electron chi connectivity index (χ0n) is 30.5. The fraction of sp³-hybridized carbons (Fsp3) is 0.176. The Hall–Kier alpha value is -6.54. The Bertz CT molecular complexity index is 2840. The second kappa shape index (κ2) is 19.3. The summed E-state index contributed by atoms with van der Waals surface area (Å²) in [7, 11) is -7.30. The third-order valence-electron chi connectivity index (χ3n) is 7.76. The number of phenolic OH excluding ortho intramolecular Hbond substituents is 1. The van der Waals surface area contributed by atoms with Crippen molar-refractivity contribution in [1.29, 1.82) is 0 Å². The van der Waals surface area contributed by atoms with Crippen molar-refractivity contribution in [3.63, 3.8) is 0 Å². The molecule has 0 saturated carbocycles. The highest BCUT2D eigenvalue weighted by Gasteiger charge is 2.17. The van der Waals surface area contributed by atoms with E-state index in [-0.39, 0.29) is 53.0 Å². The van der Waals surface area contributed by atoms with Crippen LogP contribution in [-0.4, -0.2) is 79.2 Å². The Morgan fingerprint density at radius 1 is 0.881 bits per heavy atom. The SMILES string of the molecule is Cc1cc(N=Nc2ccc3cc(N=Nc4c(C)nn(-c5ccc(C(=O)O)cc5)c4O)ccc3c2O)c(OCCCS(=O)(=O)O)cc1N=Nc1nnc(CS)s1.O=S(=O)=O. The normalized spacial score (nSPS) is 11.7. The van der Waals surface area contributed by atoms with E-state index >= 15 is 0 Å². The number of carbonyl (C=O) groups is 1. The topological polar surface area (TPSA) is 310 Å². The first-order valence-corrected chi connectivity index (χ1v) is 20.6. The Labute approximate surface area is 344 Å². The van der Waals surface area contributed by atoms with E-state index in [4.69, 9.17) is 27.0 Å². The quantitative estimate of drug-likeness (QED) is 0.0300. The molecular weight excluding hydrogens is 853 g/mol. The lowest BCUT2D eigenvalue weighted by Crippen LogP contribution is -2.08. The smallest absolute Gasteiger partial charge is 0.425 e. The molecule has 0 saturated heterocycles. The highest BCUT2D eigenvalue weighted by atomic mass is 32.2. The van der Waals surface area contributed by atoms with Gasteiger partial charge in [-0.25, -0.2) is 4.79 Å². The molecule has 25 heteroatoms. The minimum Gasteiger partial charge on any atom is -0.505 e. The summed E-state index contributed by atoms with van der Waals surface area (Å²) in [5.74, 6) is -1.41. The average molecular weight is 883 g/mol. The number of hydrogen-bond acceptors (Lipinski definition) is 20. The zero-order chi connectivity index (χ0) is 42.9. The van der Waals surface area contributed by atoms with E-state index in [2.05, 4.69) is 58.6 Å². The average Bonchev–Trinajstić information content (AvgIpc) is 3.77. The van der Waals surface area contributed by atoms with Crippen LogP contribution >= 0.6 is 24.0 Å². The molecule has 6 rings (SSSR count). The Morgan fingerprint density at radius 3 is 2.24 bits per heavy atom. The number of hydrogen-bond donors (Lipinski definition) is 5. The van der Waals surface area contributed by atoms with E-state index in [0.717, 1.165) is 0 Å². The second-order valence-corrected chi connectivity index (χ2v) is 15.2. The molecule has 2 heterocycles. The Kier molecular flexibility index (Phi) is 14.2. The number of aromatic hydroxyl groups is 2. The van der Waals surface area contributed by atoms with E-state index in [1.807, 2.05) is 0 Å². The predicted octanol–water partition coefficient (Wildman–Crippen LogP) is 7.93. The fourth-order valence-electron chi connectivity index (χ4n) is 5.03. The number of aromatic nitrogens is 4. The molecular formula is C34H30N10O11S4. The van der Waals surface area contributed by atoms with Crippen LogP contribution in [0, 0.1) is 13.8 Å². The van der Waals surface area contributed by atoms with Gasteiger partial charge in [-0.15, -0.1) is 48.4 Å². The maximum Gasteiger partial charge on any atom is 0.425 e. The number of carboxylic acids is 1. The van der Waals surface area contributed by atoms with Crippen LogP contribution in [0.1, 0.15) is 33.0 Å². The van der Waals surface area contributed by atoms with Gasteiger partial charge in [0.05, 0.1) is 40.7 Å². The molecule has 21 nitrogen and oxygen atoms in total. The number of phenols is 1. The van der Waals surface area contributed by atoms with Gasteiger partial charge in [0, 0.05) is 17.2 Å². The molecule has 0 aliphatic rings. The van der Waals surface area contributed by atoms with Crippen LogP contribution in [-0.2, 0) is 26.5 Å². The van der Waals surface area contributed by atoms with E-state index < -0.39 is 32.4 Å². The largest absolute Gasteiger partial charge is 0.505 e. The summed E-state index contributed by atoms with van der Waals surface area (Å²) in [6.45, 7) is 3.34. The first-order valence-electron chi connectivity index (χ1n) is 16.6. The van der Waals surface area contributed by atoms with Crippen molar-refractivity contribution in [3.05, 3.63) is 88.6 Å².